The van der Waals surface area contributed by atoms with Crippen LogP contribution in [-0.2, 0) is 0 Å². The summed E-state index contributed by atoms with van der Waals surface area (Å²) in [6.07, 6.45) is 5.00. The van der Waals surface area contributed by atoms with Crippen molar-refractivity contribution in [1.29, 1.82) is 0 Å². The Morgan fingerprint density at radius 1 is 1.22 bits per heavy atom. The van der Waals surface area contributed by atoms with Crippen LogP contribution in [0.3, 0.4) is 0 Å². The minimum atomic E-state index is 0.298. The molecule has 0 aliphatic rings. The smallest absolute Gasteiger partial charge is 0.191 e. The van der Waals surface area contributed by atoms with Crippen molar-refractivity contribution in [1.82, 2.24) is 15.8 Å². The summed E-state index contributed by atoms with van der Waals surface area (Å²) in [5.74, 6) is 2.10. The van der Waals surface area contributed by atoms with Crippen LogP contribution in [0.2, 0.25) is 0 Å². The highest BCUT2D eigenvalue weighted by molar-refractivity contribution is 5.80. The SMILES string of the molecule is CCCCCC(C)NC(=NCC(C)c1c(C)noc1C)NCC. The molecule has 0 spiro atoms. The molecular weight excluding hydrogens is 288 g/mol. The molecule has 0 saturated heterocycles. The molecule has 1 aromatic heterocycles. The zero-order valence-electron chi connectivity index (χ0n) is 15.7. The van der Waals surface area contributed by atoms with E-state index >= 15 is 0 Å². The molecule has 0 amide bonds. The van der Waals surface area contributed by atoms with E-state index in [0.29, 0.717) is 12.0 Å². The number of guanidine groups is 1. The summed E-state index contributed by atoms with van der Waals surface area (Å²) in [6.45, 7) is 14.3. The predicted molar refractivity (Wildman–Crippen MR) is 97.1 cm³/mol. The molecule has 2 atom stereocenters. The van der Waals surface area contributed by atoms with Crippen molar-refractivity contribution < 1.29 is 4.52 Å². The van der Waals surface area contributed by atoms with Crippen molar-refractivity contribution in [2.75, 3.05) is 13.1 Å². The van der Waals surface area contributed by atoms with E-state index in [9.17, 15) is 0 Å². The largest absolute Gasteiger partial charge is 0.361 e. The highest BCUT2D eigenvalue weighted by atomic mass is 16.5. The van der Waals surface area contributed by atoms with Gasteiger partial charge in [-0.15, -0.1) is 0 Å². The average Bonchev–Trinajstić information content (AvgIpc) is 2.84. The normalized spacial score (nSPS) is 14.6. The van der Waals surface area contributed by atoms with Gasteiger partial charge in [-0.25, -0.2) is 0 Å². The van der Waals surface area contributed by atoms with Crippen LogP contribution < -0.4 is 10.6 Å². The molecule has 1 rings (SSSR count). The lowest BCUT2D eigenvalue weighted by Crippen LogP contribution is -2.42. The van der Waals surface area contributed by atoms with Gasteiger partial charge in [0.25, 0.3) is 0 Å². The number of aromatic nitrogens is 1. The average molecular weight is 322 g/mol. The maximum Gasteiger partial charge on any atom is 0.191 e. The van der Waals surface area contributed by atoms with E-state index in [0.717, 1.165) is 30.5 Å². The van der Waals surface area contributed by atoms with E-state index in [1.54, 1.807) is 0 Å². The maximum atomic E-state index is 5.26. The third kappa shape index (κ3) is 6.63. The zero-order chi connectivity index (χ0) is 17.2. The Kier molecular flexibility index (Phi) is 8.74. The second kappa shape index (κ2) is 10.3. The molecular formula is C18H34N4O. The van der Waals surface area contributed by atoms with E-state index in [1.165, 1.54) is 31.2 Å². The van der Waals surface area contributed by atoms with Gasteiger partial charge < -0.3 is 15.2 Å². The van der Waals surface area contributed by atoms with Crippen LogP contribution in [0.5, 0.6) is 0 Å². The quantitative estimate of drug-likeness (QED) is 0.411. The summed E-state index contributed by atoms with van der Waals surface area (Å²) >= 11 is 0. The van der Waals surface area contributed by atoms with Crippen molar-refractivity contribution in [2.45, 2.75) is 79.2 Å². The topological polar surface area (TPSA) is 62.5 Å². The summed E-state index contributed by atoms with van der Waals surface area (Å²) < 4.78 is 5.26. The van der Waals surface area contributed by atoms with Gasteiger partial charge in [0.15, 0.2) is 5.96 Å². The Morgan fingerprint density at radius 3 is 2.52 bits per heavy atom. The molecule has 1 heterocycles. The molecule has 0 saturated carbocycles. The fraction of sp³-hybridized carbons (Fsp3) is 0.778. The summed E-state index contributed by atoms with van der Waals surface area (Å²) in [7, 11) is 0. The fourth-order valence-corrected chi connectivity index (χ4v) is 2.84. The van der Waals surface area contributed by atoms with Gasteiger partial charge >= 0.3 is 0 Å². The molecule has 132 valence electrons. The summed E-state index contributed by atoms with van der Waals surface area (Å²) in [6, 6.07) is 0.439. The first-order chi connectivity index (χ1) is 11.0. The minimum absolute atomic E-state index is 0.298. The Bertz CT molecular complexity index is 462. The second-order valence-corrected chi connectivity index (χ2v) is 6.40. The number of nitrogens with zero attached hydrogens (tertiary/aromatic N) is 2. The Labute approximate surface area is 141 Å². The number of hydrogen-bond donors (Lipinski definition) is 2. The monoisotopic (exact) mass is 322 g/mol. The van der Waals surface area contributed by atoms with Crippen molar-refractivity contribution in [3.8, 4) is 0 Å². The number of rotatable bonds is 9. The lowest BCUT2D eigenvalue weighted by atomic mass is 10.00. The fourth-order valence-electron chi connectivity index (χ4n) is 2.84. The van der Waals surface area contributed by atoms with Crippen molar-refractivity contribution >= 4 is 5.96 Å². The Balaban J connectivity index is 2.60. The van der Waals surface area contributed by atoms with Gasteiger partial charge in [-0.2, -0.15) is 0 Å². The van der Waals surface area contributed by atoms with E-state index in [-0.39, 0.29) is 0 Å². The molecule has 5 heteroatoms. The maximum absolute atomic E-state index is 5.26. The Morgan fingerprint density at radius 2 is 1.96 bits per heavy atom. The number of unbranched alkanes of at least 4 members (excludes halogenated alkanes) is 2. The van der Waals surface area contributed by atoms with Crippen LogP contribution >= 0.6 is 0 Å². The standard InChI is InChI=1S/C18H34N4O/c1-7-9-10-11-14(4)21-18(19-8-2)20-12-13(3)17-15(5)22-23-16(17)6/h13-14H,7-12H2,1-6H3,(H2,19,20,21). The summed E-state index contributed by atoms with van der Waals surface area (Å²) in [4.78, 5) is 4.74. The van der Waals surface area contributed by atoms with Crippen molar-refractivity contribution in [3.63, 3.8) is 0 Å². The molecule has 2 N–H and O–H groups in total. The molecule has 0 aliphatic heterocycles. The van der Waals surface area contributed by atoms with Crippen LogP contribution in [0, 0.1) is 13.8 Å². The first-order valence-electron chi connectivity index (χ1n) is 8.97. The molecule has 0 bridgehead atoms. The zero-order valence-corrected chi connectivity index (χ0v) is 15.7. The summed E-state index contributed by atoms with van der Waals surface area (Å²) in [5, 5.41) is 10.9. The highest BCUT2D eigenvalue weighted by Gasteiger charge is 2.16. The van der Waals surface area contributed by atoms with Gasteiger partial charge in [0, 0.05) is 30.6 Å². The van der Waals surface area contributed by atoms with Crippen LogP contribution in [0.4, 0.5) is 0 Å². The first kappa shape index (κ1) is 19.5. The van der Waals surface area contributed by atoms with Gasteiger partial charge in [0.2, 0.25) is 0 Å². The summed E-state index contributed by atoms with van der Waals surface area (Å²) in [5.41, 5.74) is 2.15. The van der Waals surface area contributed by atoms with E-state index in [2.05, 4.69) is 43.5 Å². The first-order valence-corrected chi connectivity index (χ1v) is 8.97. The van der Waals surface area contributed by atoms with Gasteiger partial charge in [-0.3, -0.25) is 4.99 Å². The molecule has 2 unspecified atom stereocenters. The molecule has 0 fully saturated rings. The molecule has 0 radical (unpaired) electrons. The van der Waals surface area contributed by atoms with E-state index < -0.39 is 0 Å². The minimum Gasteiger partial charge on any atom is -0.361 e. The van der Waals surface area contributed by atoms with Crippen molar-refractivity contribution in [3.05, 3.63) is 17.0 Å². The lowest BCUT2D eigenvalue weighted by Gasteiger charge is -2.18. The Hall–Kier alpha value is -1.52. The van der Waals surface area contributed by atoms with Crippen LogP contribution in [0.15, 0.2) is 9.52 Å². The number of aliphatic imine (C=N–C) groups is 1. The van der Waals surface area contributed by atoms with Crippen molar-refractivity contribution in [2.24, 2.45) is 4.99 Å². The van der Waals surface area contributed by atoms with E-state index in [1.807, 2.05) is 13.8 Å². The van der Waals surface area contributed by atoms with E-state index in [4.69, 9.17) is 9.52 Å². The third-order valence-corrected chi connectivity index (χ3v) is 4.07. The highest BCUT2D eigenvalue weighted by Crippen LogP contribution is 2.23. The second-order valence-electron chi connectivity index (χ2n) is 6.40. The molecule has 1 aromatic rings. The molecule has 5 nitrogen and oxygen atoms in total. The number of aryl methyl sites for hydroxylation is 2. The van der Waals surface area contributed by atoms with Crippen LogP contribution in [0.1, 0.15) is 76.3 Å². The third-order valence-electron chi connectivity index (χ3n) is 4.07. The van der Waals surface area contributed by atoms with Gasteiger partial charge in [-0.05, 0) is 34.1 Å². The van der Waals surface area contributed by atoms with Gasteiger partial charge in [-0.1, -0.05) is 38.3 Å². The number of hydrogen-bond acceptors (Lipinski definition) is 3. The van der Waals surface area contributed by atoms with Gasteiger partial charge in [0.05, 0.1) is 5.69 Å². The molecule has 23 heavy (non-hydrogen) atoms. The molecule has 0 aromatic carbocycles. The predicted octanol–water partition coefficient (Wildman–Crippen LogP) is 3.92. The van der Waals surface area contributed by atoms with Crippen LogP contribution in [0.25, 0.3) is 0 Å². The number of nitrogens with one attached hydrogen (secondary N) is 2. The molecule has 0 aliphatic carbocycles. The van der Waals surface area contributed by atoms with Gasteiger partial charge in [0.1, 0.15) is 5.76 Å². The van der Waals surface area contributed by atoms with Crippen LogP contribution in [-0.4, -0.2) is 30.2 Å². The lowest BCUT2D eigenvalue weighted by molar-refractivity contribution is 0.391.